The summed E-state index contributed by atoms with van der Waals surface area (Å²) in [6.45, 7) is 21.0. The average molecular weight is 1230 g/mol. The third kappa shape index (κ3) is 14.7. The molecule has 4 fully saturated rings. The lowest BCUT2D eigenvalue weighted by molar-refractivity contribution is -0.174. The van der Waals surface area contributed by atoms with Crippen LogP contribution >= 0.6 is 23.1 Å². The molecule has 0 saturated heterocycles. The average Bonchev–Trinajstić information content (AvgIpc) is 1.34. The fourth-order valence-electron chi connectivity index (χ4n) is 15.6. The van der Waals surface area contributed by atoms with Crippen LogP contribution in [0.4, 0.5) is 4.79 Å². The van der Waals surface area contributed by atoms with Crippen LogP contribution in [-0.4, -0.2) is 149 Å². The quantitative estimate of drug-likeness (QED) is 0.0277. The maximum Gasteiger partial charge on any atom is 0.415 e. The molecule has 2 heterocycles. The Morgan fingerprint density at radius 3 is 2.31 bits per heavy atom. The van der Waals surface area contributed by atoms with Crippen LogP contribution in [0, 0.1) is 53.3 Å². The predicted molar refractivity (Wildman–Crippen MR) is 334 cm³/mol. The van der Waals surface area contributed by atoms with Crippen molar-refractivity contribution in [3.63, 3.8) is 0 Å². The maximum atomic E-state index is 13.9. The number of unbranched alkanes of at least 4 members (excludes halogenated alkanes) is 3. The molecule has 3 aromatic rings. The molecule has 21 heteroatoms. The number of hydrogen-bond donors (Lipinski definition) is 8. The molecule has 5 aliphatic rings. The van der Waals surface area contributed by atoms with Crippen LogP contribution in [0.2, 0.25) is 0 Å². The van der Waals surface area contributed by atoms with E-state index >= 15 is 0 Å². The van der Waals surface area contributed by atoms with Gasteiger partial charge in [0, 0.05) is 91.3 Å². The van der Waals surface area contributed by atoms with Gasteiger partial charge in [-0.2, -0.15) is 0 Å². The minimum absolute atomic E-state index is 0.0569. The molecule has 19 nitrogen and oxygen atoms in total. The highest BCUT2D eigenvalue weighted by Crippen LogP contribution is 2.68. The van der Waals surface area contributed by atoms with E-state index in [4.69, 9.17) is 4.74 Å². The minimum Gasteiger partial charge on any atom is -0.507 e. The lowest BCUT2D eigenvalue weighted by atomic mass is 9.43. The molecule has 2 aromatic carbocycles. The van der Waals surface area contributed by atoms with E-state index in [9.17, 15) is 59.4 Å². The highest BCUT2D eigenvalue weighted by atomic mass is 32.2. The van der Waals surface area contributed by atoms with Crippen LogP contribution < -0.4 is 25.8 Å². The SMILES string of the molecule is C=c1c(C)c(O)c(=C)c(C(C)(C)CC(=O)N(C)CCN(CCCCCC(=O)NCCCCC(NC(=O)CCC(C)C2CCC3C4C(O)CC5CC(O)CCC5(C)C4CCC23C)C(=O)O)C(=O)Oc2ccc3nc(C4=NC(C(=O)O)CS4)sc3c2)c1O. The summed E-state index contributed by atoms with van der Waals surface area (Å²) in [6, 6.07) is 3.14. The second-order valence-electron chi connectivity index (χ2n) is 26.7. The maximum absolute atomic E-state index is 13.9. The van der Waals surface area contributed by atoms with Gasteiger partial charge in [0.15, 0.2) is 6.04 Å². The molecule has 0 bridgehead atoms. The molecule has 4 aliphatic carbocycles. The van der Waals surface area contributed by atoms with Gasteiger partial charge < -0.3 is 55.8 Å². The van der Waals surface area contributed by atoms with Gasteiger partial charge in [-0.25, -0.2) is 19.4 Å². The summed E-state index contributed by atoms with van der Waals surface area (Å²) in [7, 11) is 1.62. The van der Waals surface area contributed by atoms with Crippen molar-refractivity contribution in [1.82, 2.24) is 25.4 Å². The Balaban J connectivity index is 0.771. The minimum atomic E-state index is -1.09. The van der Waals surface area contributed by atoms with E-state index in [-0.39, 0.29) is 126 Å². The molecular weight excluding hydrogens is 1140 g/mol. The molecule has 0 radical (unpaired) electrons. The molecule has 8 N–H and O–H groups in total. The van der Waals surface area contributed by atoms with Crippen molar-refractivity contribution in [3.05, 3.63) is 44.8 Å². The Morgan fingerprint density at radius 2 is 1.59 bits per heavy atom. The number of carboxylic acid groups (broad SMARTS) is 2. The van der Waals surface area contributed by atoms with Crippen LogP contribution in [0.3, 0.4) is 0 Å². The standard InChI is InChI=1S/C65H92N6O13S2/c1-36(43-19-20-44-54-45(24-26-65(43,44)8)64(7)25-23-41(72)31-40(64)32-49(54)73)17-22-52(75)67-47(60(79)80)15-12-13-27-66-51(74)16-11-10-14-28-71(30-29-70(9)53(76)34-63(5,6)55-39(4)56(77)37(2)38(3)57(55)78)62(83)84-42-18-21-46-50(33-42)86-59(68-46)58-69-48(35-85-58)61(81)82/h18,21,33,36,40-41,43-45,47-49,54,72-73,77-78H,3-4,10-17,19-20,22-32,34-35H2,1-2,5-9H3,(H,66,74)(H,67,75)(H,79,80)(H,81,82). The first-order chi connectivity index (χ1) is 40.6. The molecule has 4 amide bonds. The van der Waals surface area contributed by atoms with Crippen molar-refractivity contribution < 1.29 is 64.1 Å². The van der Waals surface area contributed by atoms with Gasteiger partial charge in [-0.05, 0) is 155 Å². The van der Waals surface area contributed by atoms with Gasteiger partial charge in [-0.1, -0.05) is 54.2 Å². The van der Waals surface area contributed by atoms with Gasteiger partial charge in [-0.15, -0.1) is 23.1 Å². The smallest absolute Gasteiger partial charge is 0.415 e. The number of aliphatic hydroxyl groups is 2. The number of likely N-dealkylation sites (N-methyl/N-ethyl adjacent to an activating group) is 1. The summed E-state index contributed by atoms with van der Waals surface area (Å²) in [4.78, 5) is 89.6. The number of fused-ring (bicyclic) bond motifs is 6. The fraction of sp³-hybridized carbons (Fsp3) is 0.662. The van der Waals surface area contributed by atoms with Crippen LogP contribution in [0.1, 0.15) is 166 Å². The zero-order valence-corrected chi connectivity index (χ0v) is 53.0. The second kappa shape index (κ2) is 27.7. The second-order valence-corrected chi connectivity index (χ2v) is 28.8. The number of amides is 4. The third-order valence-corrected chi connectivity index (χ3v) is 22.9. The predicted octanol–water partition coefficient (Wildman–Crippen LogP) is 8.23. The number of nitrogens with one attached hydrogen (secondary N) is 2. The van der Waals surface area contributed by atoms with Gasteiger partial charge in [0.1, 0.15) is 33.3 Å². The van der Waals surface area contributed by atoms with Crippen LogP contribution in [-0.2, 0) is 29.4 Å². The number of aliphatic hydroxyl groups excluding tert-OH is 2. The Kier molecular flexibility index (Phi) is 21.3. The number of thioether (sulfide) groups is 1. The number of carboxylic acids is 2. The lowest BCUT2D eigenvalue weighted by Crippen LogP contribution is -2.58. The van der Waals surface area contributed by atoms with Crippen molar-refractivity contribution in [2.45, 2.75) is 187 Å². The highest BCUT2D eigenvalue weighted by molar-refractivity contribution is 8.15. The number of hydrogen-bond acceptors (Lipinski definition) is 15. The van der Waals surface area contributed by atoms with Crippen molar-refractivity contribution >= 4 is 87.3 Å². The molecule has 8 rings (SSSR count). The normalized spacial score (nSPS) is 26.8. The number of ether oxygens (including phenoxy) is 1. The molecule has 1 aliphatic heterocycles. The van der Waals surface area contributed by atoms with E-state index in [1.807, 2.05) is 0 Å². The first-order valence-corrected chi connectivity index (χ1v) is 32.9. The number of nitrogens with zero attached hydrogens (tertiary/aromatic N) is 4. The highest BCUT2D eigenvalue weighted by Gasteiger charge is 2.63. The monoisotopic (exact) mass is 1230 g/mol. The number of carbonyl (C=O) groups excluding carboxylic acids is 4. The Labute approximate surface area is 513 Å². The van der Waals surface area contributed by atoms with Crippen LogP contribution in [0.5, 0.6) is 17.2 Å². The number of phenols is 2. The number of aliphatic carboxylic acids is 2. The largest absolute Gasteiger partial charge is 0.507 e. The van der Waals surface area contributed by atoms with Crippen molar-refractivity contribution in [1.29, 1.82) is 0 Å². The van der Waals surface area contributed by atoms with Gasteiger partial charge in [-0.3, -0.25) is 19.4 Å². The fourth-order valence-corrected chi connectivity index (χ4v) is 17.7. The van der Waals surface area contributed by atoms with Gasteiger partial charge in [0.05, 0.1) is 22.4 Å². The zero-order chi connectivity index (χ0) is 62.6. The molecule has 12 unspecified atom stereocenters. The van der Waals surface area contributed by atoms with Crippen LogP contribution in [0.15, 0.2) is 23.2 Å². The molecule has 12 atom stereocenters. The summed E-state index contributed by atoms with van der Waals surface area (Å²) < 4.78 is 6.61. The van der Waals surface area contributed by atoms with Crippen molar-refractivity contribution in [2.75, 3.05) is 39.0 Å². The van der Waals surface area contributed by atoms with Crippen molar-refractivity contribution in [2.24, 2.45) is 51.3 Å². The summed E-state index contributed by atoms with van der Waals surface area (Å²) >= 11 is 2.63. The van der Waals surface area contributed by atoms with Crippen molar-refractivity contribution in [3.8, 4) is 17.2 Å². The zero-order valence-electron chi connectivity index (χ0n) is 51.3. The number of benzene rings is 2. The lowest BCUT2D eigenvalue weighted by Gasteiger charge is -2.62. The first kappa shape index (κ1) is 66.2. The molecule has 1 aromatic heterocycles. The first-order valence-electron chi connectivity index (χ1n) is 31.1. The number of aliphatic imine (C=N–C) groups is 1. The van der Waals surface area contributed by atoms with E-state index in [1.54, 1.807) is 46.0 Å². The number of phenolic OH excluding ortho intramolecular Hbond substituents is 2. The van der Waals surface area contributed by atoms with E-state index in [1.165, 1.54) is 32.9 Å². The third-order valence-electron chi connectivity index (χ3n) is 20.7. The topological polar surface area (TPSA) is 289 Å². The van der Waals surface area contributed by atoms with Gasteiger partial charge in [0.2, 0.25) is 17.7 Å². The van der Waals surface area contributed by atoms with Gasteiger partial charge >= 0.3 is 18.0 Å². The van der Waals surface area contributed by atoms with Gasteiger partial charge in [0.25, 0.3) is 0 Å². The van der Waals surface area contributed by atoms with E-state index in [0.29, 0.717) is 106 Å². The number of rotatable bonds is 26. The van der Waals surface area contributed by atoms with E-state index in [2.05, 4.69) is 54.5 Å². The van der Waals surface area contributed by atoms with Crippen LogP contribution in [0.25, 0.3) is 23.4 Å². The Hall–Kier alpha value is -5.77. The molecule has 0 spiro atoms. The number of carbonyl (C=O) groups is 6. The Bertz CT molecular complexity index is 3150. The molecule has 4 saturated carbocycles. The Morgan fingerprint density at radius 1 is 0.860 bits per heavy atom. The number of aromatic hydroxyl groups is 2. The van der Waals surface area contributed by atoms with E-state index in [0.717, 1.165) is 51.4 Å². The number of thiazole rings is 1. The summed E-state index contributed by atoms with van der Waals surface area (Å²) in [5.41, 5.74) is 0.634. The van der Waals surface area contributed by atoms with E-state index < -0.39 is 35.5 Å². The summed E-state index contributed by atoms with van der Waals surface area (Å²) in [5, 5.41) is 70.6. The summed E-state index contributed by atoms with van der Waals surface area (Å²) in [5.74, 6) is -0.244. The molecular formula is C65H92N6O13S2. The molecule has 86 heavy (non-hydrogen) atoms. The molecule has 472 valence electrons. The number of aromatic nitrogens is 1. The summed E-state index contributed by atoms with van der Waals surface area (Å²) in [6.07, 6.45) is 10.5.